The highest BCUT2D eigenvalue weighted by molar-refractivity contribution is 9.11. The SMILES string of the molecule is NCC(=O)Nc1c(Br)c(C(N)=O)c(Br)c(C(=O)NC(CC(O)C(O)C(O)C(O)CO)C(O)C(O)C(O)C(O)CO)c1Br. The third kappa shape index (κ3) is 9.32. The number of anilines is 1. The topological polar surface area (TPSA) is 330 Å². The molecule has 0 aliphatic carbocycles. The number of aliphatic hydroxyl groups excluding tert-OH is 10. The van der Waals surface area contributed by atoms with Crippen LogP contribution in [0.4, 0.5) is 5.69 Å². The molecule has 1 rings (SSSR count). The number of halogens is 3. The molecule has 0 saturated carbocycles. The van der Waals surface area contributed by atoms with Gasteiger partial charge in [-0.25, -0.2) is 0 Å². The molecule has 9 atom stereocenters. The van der Waals surface area contributed by atoms with Gasteiger partial charge in [-0.3, -0.25) is 14.4 Å². The van der Waals surface area contributed by atoms with Gasteiger partial charge in [-0.05, 0) is 54.2 Å². The number of amides is 3. The van der Waals surface area contributed by atoms with Crippen LogP contribution in [0.15, 0.2) is 13.4 Å². The molecule has 0 aliphatic heterocycles. The molecule has 42 heavy (non-hydrogen) atoms. The third-order valence-corrected chi connectivity index (χ3v) is 8.45. The Bertz CT molecular complexity index is 1120. The Labute approximate surface area is 263 Å². The molecule has 0 spiro atoms. The van der Waals surface area contributed by atoms with Crippen molar-refractivity contribution in [3.8, 4) is 0 Å². The first-order valence-electron chi connectivity index (χ1n) is 11.9. The van der Waals surface area contributed by atoms with Crippen molar-refractivity contribution in [2.45, 2.75) is 61.3 Å². The Kier molecular flexibility index (Phi) is 15.8. The van der Waals surface area contributed by atoms with Crippen molar-refractivity contribution in [1.82, 2.24) is 5.32 Å². The zero-order valence-corrected chi connectivity index (χ0v) is 26.3. The molecule has 3 amide bonds. The Morgan fingerprint density at radius 3 is 1.60 bits per heavy atom. The van der Waals surface area contributed by atoms with Gasteiger partial charge in [0.05, 0.1) is 57.7 Å². The van der Waals surface area contributed by atoms with Gasteiger partial charge < -0.3 is 73.2 Å². The first-order chi connectivity index (χ1) is 19.5. The molecule has 0 fully saturated rings. The number of aliphatic hydroxyl groups is 10. The maximum Gasteiger partial charge on any atom is 0.253 e. The lowest BCUT2D eigenvalue weighted by atomic mass is 9.91. The highest BCUT2D eigenvalue weighted by Gasteiger charge is 2.40. The van der Waals surface area contributed by atoms with Gasteiger partial charge in [-0.2, -0.15) is 0 Å². The van der Waals surface area contributed by atoms with Crippen molar-refractivity contribution in [2.24, 2.45) is 11.5 Å². The third-order valence-electron chi connectivity index (χ3n) is 6.07. The van der Waals surface area contributed by atoms with Gasteiger partial charge in [-0.1, -0.05) is 0 Å². The molecule has 0 heterocycles. The predicted molar refractivity (Wildman–Crippen MR) is 154 cm³/mol. The smallest absolute Gasteiger partial charge is 0.253 e. The Balaban J connectivity index is 3.64. The van der Waals surface area contributed by atoms with Gasteiger partial charge in [0.2, 0.25) is 5.91 Å². The Morgan fingerprint density at radius 1 is 0.690 bits per heavy atom. The highest BCUT2D eigenvalue weighted by atomic mass is 79.9. The van der Waals surface area contributed by atoms with Crippen molar-refractivity contribution in [1.29, 1.82) is 0 Å². The fourth-order valence-electron chi connectivity index (χ4n) is 3.64. The Hall–Kier alpha value is -1.37. The van der Waals surface area contributed by atoms with E-state index in [1.807, 2.05) is 0 Å². The molecular weight excluding hydrogens is 768 g/mol. The van der Waals surface area contributed by atoms with Crippen LogP contribution >= 0.6 is 47.8 Å². The van der Waals surface area contributed by atoms with Crippen LogP contribution in [0.3, 0.4) is 0 Å². The van der Waals surface area contributed by atoms with E-state index in [2.05, 4.69) is 58.4 Å². The van der Waals surface area contributed by atoms with E-state index in [-0.39, 0.29) is 24.7 Å². The molecule has 0 saturated heterocycles. The first-order valence-corrected chi connectivity index (χ1v) is 14.3. The van der Waals surface area contributed by atoms with Crippen molar-refractivity contribution >= 4 is 71.2 Å². The molecule has 9 unspecified atom stereocenters. The van der Waals surface area contributed by atoms with E-state index in [1.54, 1.807) is 0 Å². The van der Waals surface area contributed by atoms with Crippen LogP contribution in [0.25, 0.3) is 0 Å². The van der Waals surface area contributed by atoms with E-state index in [0.29, 0.717) is 0 Å². The quantitative estimate of drug-likeness (QED) is 0.0748. The molecule has 0 aromatic heterocycles. The summed E-state index contributed by atoms with van der Waals surface area (Å²) in [6, 6.07) is -1.84. The number of nitrogens with two attached hydrogens (primary N) is 2. The summed E-state index contributed by atoms with van der Waals surface area (Å²) in [6.45, 7) is -2.54. The van der Waals surface area contributed by atoms with Gasteiger partial charge in [0, 0.05) is 4.47 Å². The average molecular weight is 801 g/mol. The average Bonchev–Trinajstić information content (AvgIpc) is 2.95. The molecular formula is C22H33Br3N4O13. The fraction of sp³-hybridized carbons (Fsp3) is 0.591. The van der Waals surface area contributed by atoms with E-state index in [0.717, 1.165) is 0 Å². The van der Waals surface area contributed by atoms with E-state index in [1.165, 1.54) is 0 Å². The van der Waals surface area contributed by atoms with Crippen molar-refractivity contribution in [3.63, 3.8) is 0 Å². The van der Waals surface area contributed by atoms with Crippen LogP contribution in [-0.4, -0.2) is 143 Å². The molecule has 20 heteroatoms. The van der Waals surface area contributed by atoms with E-state index >= 15 is 0 Å². The summed E-state index contributed by atoms with van der Waals surface area (Å²) in [5.41, 5.74) is 9.86. The second-order valence-electron chi connectivity index (χ2n) is 9.02. The molecule has 1 aromatic carbocycles. The maximum absolute atomic E-state index is 13.5. The van der Waals surface area contributed by atoms with Crippen LogP contribution < -0.4 is 22.1 Å². The highest BCUT2D eigenvalue weighted by Crippen LogP contribution is 2.42. The number of benzene rings is 1. The normalized spacial score (nSPS) is 18.1. The van der Waals surface area contributed by atoms with Crippen LogP contribution in [0.1, 0.15) is 27.1 Å². The number of carbonyl (C=O) groups excluding carboxylic acids is 3. The summed E-state index contributed by atoms with van der Waals surface area (Å²) in [6.07, 6.45) is -17.8. The van der Waals surface area contributed by atoms with Gasteiger partial charge in [0.15, 0.2) is 0 Å². The lowest BCUT2D eigenvalue weighted by Gasteiger charge is -2.34. The number of hydrogen-bond donors (Lipinski definition) is 14. The number of primary amides is 1. The zero-order chi connectivity index (χ0) is 32.6. The first kappa shape index (κ1) is 38.7. The Morgan fingerprint density at radius 2 is 1.14 bits per heavy atom. The summed E-state index contributed by atoms with van der Waals surface area (Å²) < 4.78 is -0.448. The van der Waals surface area contributed by atoms with Gasteiger partial charge in [0.25, 0.3) is 11.8 Å². The predicted octanol–water partition coefficient (Wildman–Crippen LogP) is -4.67. The summed E-state index contributed by atoms with van der Waals surface area (Å²) in [5, 5.41) is 104. The maximum atomic E-state index is 13.5. The number of rotatable bonds is 16. The summed E-state index contributed by atoms with van der Waals surface area (Å²) in [7, 11) is 0. The minimum Gasteiger partial charge on any atom is -0.394 e. The van der Waals surface area contributed by atoms with Crippen LogP contribution in [-0.2, 0) is 4.79 Å². The van der Waals surface area contributed by atoms with Crippen LogP contribution in [0.2, 0.25) is 0 Å². The summed E-state index contributed by atoms with van der Waals surface area (Å²) >= 11 is 9.33. The van der Waals surface area contributed by atoms with Gasteiger partial charge in [-0.15, -0.1) is 0 Å². The molecule has 17 nitrogen and oxygen atoms in total. The lowest BCUT2D eigenvalue weighted by molar-refractivity contribution is -0.134. The fourth-order valence-corrected chi connectivity index (χ4v) is 6.58. The second kappa shape index (κ2) is 17.2. The minimum absolute atomic E-state index is 0.0600. The van der Waals surface area contributed by atoms with Crippen molar-refractivity contribution in [2.75, 3.05) is 25.1 Å². The second-order valence-corrected chi connectivity index (χ2v) is 11.4. The molecule has 240 valence electrons. The molecule has 16 N–H and O–H groups in total. The zero-order valence-electron chi connectivity index (χ0n) is 21.5. The van der Waals surface area contributed by atoms with Crippen LogP contribution in [0, 0.1) is 0 Å². The molecule has 0 radical (unpaired) electrons. The number of nitrogens with one attached hydrogen (secondary N) is 2. The standard InChI is InChI=1S/C22H33Br3N4O13/c23-12-10(21(27)41)13(24)15(29-9(35)2-26)14(25)11(12)22(42)28-5(16(36)20(40)19(39)8(34)4-31)1-6(32)17(37)18(38)7(33)3-30/h5-8,16-20,30-34,36-40H,1-4,26H2,(H2,27,41)(H,28,42)(H,29,35). The van der Waals surface area contributed by atoms with Crippen molar-refractivity contribution in [3.05, 3.63) is 24.5 Å². The molecule has 0 aliphatic rings. The summed E-state index contributed by atoms with van der Waals surface area (Å²) in [4.78, 5) is 37.7. The number of carbonyl (C=O) groups is 3. The van der Waals surface area contributed by atoms with E-state index in [9.17, 15) is 55.2 Å². The number of hydrogen-bond acceptors (Lipinski definition) is 14. The van der Waals surface area contributed by atoms with Crippen molar-refractivity contribution < 1.29 is 65.4 Å². The van der Waals surface area contributed by atoms with E-state index < -0.39 is 104 Å². The lowest BCUT2D eigenvalue weighted by Crippen LogP contribution is -2.57. The largest absolute Gasteiger partial charge is 0.394 e. The minimum atomic E-state index is -2.29. The molecule has 1 aromatic rings. The van der Waals surface area contributed by atoms with E-state index in [4.69, 9.17) is 21.7 Å². The van der Waals surface area contributed by atoms with Crippen LogP contribution in [0.5, 0.6) is 0 Å². The van der Waals surface area contributed by atoms with Gasteiger partial charge in [0.1, 0.15) is 42.7 Å². The van der Waals surface area contributed by atoms with Gasteiger partial charge >= 0.3 is 0 Å². The molecule has 0 bridgehead atoms. The monoisotopic (exact) mass is 798 g/mol. The summed E-state index contributed by atoms with van der Waals surface area (Å²) in [5.74, 6) is -2.98.